The lowest BCUT2D eigenvalue weighted by molar-refractivity contribution is -0.125. The van der Waals surface area contributed by atoms with E-state index in [1.165, 1.54) is 36.8 Å². The van der Waals surface area contributed by atoms with E-state index in [0.29, 0.717) is 0 Å². The van der Waals surface area contributed by atoms with Crippen LogP contribution in [0, 0.1) is 5.92 Å². The van der Waals surface area contributed by atoms with Crippen molar-refractivity contribution in [1.82, 2.24) is 15.3 Å². The minimum Gasteiger partial charge on any atom is -0.356 e. The fourth-order valence-corrected chi connectivity index (χ4v) is 4.55. The Morgan fingerprint density at radius 1 is 0.889 bits per heavy atom. The highest BCUT2D eigenvalue weighted by Crippen LogP contribution is 2.22. The zero-order chi connectivity index (χ0) is 24.6. The molecule has 36 heavy (non-hydrogen) atoms. The second-order valence-corrected chi connectivity index (χ2v) is 9.44. The van der Waals surface area contributed by atoms with E-state index in [0.717, 1.165) is 69.4 Å². The molecule has 6 heteroatoms. The van der Waals surface area contributed by atoms with Crippen LogP contribution in [0.1, 0.15) is 67.5 Å². The molecule has 1 unspecified atom stereocenters. The number of carbonyl (C=O) groups excluding carboxylic acids is 1. The molecule has 0 radical (unpaired) electrons. The molecule has 2 aromatic carbocycles. The van der Waals surface area contributed by atoms with Crippen LogP contribution in [0.4, 0.5) is 0 Å². The maximum absolute atomic E-state index is 12.2. The van der Waals surface area contributed by atoms with Crippen molar-refractivity contribution >= 4 is 18.3 Å². The van der Waals surface area contributed by atoms with Gasteiger partial charge in [-0.15, -0.1) is 12.4 Å². The van der Waals surface area contributed by atoms with E-state index in [2.05, 4.69) is 75.9 Å². The molecule has 196 valence electrons. The van der Waals surface area contributed by atoms with Crippen molar-refractivity contribution in [2.24, 2.45) is 11.7 Å². The van der Waals surface area contributed by atoms with Gasteiger partial charge in [-0.1, -0.05) is 73.5 Å². The Bertz CT molecular complexity index is 961. The molecule has 1 aliphatic rings. The lowest BCUT2D eigenvalue weighted by Gasteiger charge is -2.20. The van der Waals surface area contributed by atoms with E-state index in [-0.39, 0.29) is 24.2 Å². The molecule has 0 saturated heterocycles. The summed E-state index contributed by atoms with van der Waals surface area (Å²) in [6.45, 7) is 1.62. The van der Waals surface area contributed by atoms with Gasteiger partial charge in [-0.05, 0) is 69.0 Å². The van der Waals surface area contributed by atoms with Crippen molar-refractivity contribution in [2.75, 3.05) is 13.1 Å². The van der Waals surface area contributed by atoms with E-state index in [1.807, 2.05) is 0 Å². The molecule has 5 nitrogen and oxygen atoms in total. The Morgan fingerprint density at radius 2 is 1.50 bits per heavy atom. The largest absolute Gasteiger partial charge is 0.356 e. The monoisotopic (exact) mass is 510 g/mol. The average molecular weight is 511 g/mol. The number of hydrogen-bond donors (Lipinski definition) is 3. The number of nitrogens with zero attached hydrogens (tertiary/aromatic N) is 1. The third kappa shape index (κ3) is 11.0. The molecule has 0 saturated carbocycles. The highest BCUT2D eigenvalue weighted by Gasteiger charge is 2.25. The van der Waals surface area contributed by atoms with Gasteiger partial charge in [0.15, 0.2) is 0 Å². The van der Waals surface area contributed by atoms with E-state index in [1.54, 1.807) is 6.33 Å². The Labute approximate surface area is 223 Å². The van der Waals surface area contributed by atoms with Crippen molar-refractivity contribution in [3.05, 3.63) is 89.5 Å². The van der Waals surface area contributed by atoms with Gasteiger partial charge in [-0.2, -0.15) is 0 Å². The van der Waals surface area contributed by atoms with Crippen LogP contribution in [0.5, 0.6) is 0 Å². The summed E-state index contributed by atoms with van der Waals surface area (Å²) in [7, 11) is 0. The Hall–Kier alpha value is -2.63. The van der Waals surface area contributed by atoms with Crippen LogP contribution in [0.3, 0.4) is 0 Å². The van der Waals surface area contributed by atoms with Gasteiger partial charge in [-0.3, -0.25) is 4.79 Å². The van der Waals surface area contributed by atoms with Gasteiger partial charge in [0.1, 0.15) is 0 Å². The minimum absolute atomic E-state index is 0. The Balaban J connectivity index is 0.000000299. The molecule has 1 atom stereocenters. The number of amides is 1. The third-order valence-electron chi connectivity index (χ3n) is 6.66. The molecule has 0 fully saturated rings. The summed E-state index contributed by atoms with van der Waals surface area (Å²) in [6, 6.07) is 21.2. The zero-order valence-electron chi connectivity index (χ0n) is 21.5. The number of aryl methyl sites for hydroxylation is 3. The standard InChI is InChI=1S/C19H25N3O.C11H17N.ClH/c23-19(16-10-11-17-18(13-16)22-14-21-17)20-12-6-2-5-9-15-7-3-1-4-8-15;12-10-6-2-5-9-11-7-3-1-4-8-11;/h1,3-4,7-8,14,16H,2,5-6,9-13H2,(H,20,23)(H,21,22);1,3-4,7-8H,2,5-6,9-10,12H2;1H. The summed E-state index contributed by atoms with van der Waals surface area (Å²) >= 11 is 0. The summed E-state index contributed by atoms with van der Waals surface area (Å²) in [5, 5.41) is 3.10. The number of H-pyrrole nitrogens is 1. The number of aromatic amines is 1. The first-order valence-electron chi connectivity index (χ1n) is 13.3. The lowest BCUT2D eigenvalue weighted by Crippen LogP contribution is -2.34. The van der Waals surface area contributed by atoms with Gasteiger partial charge in [0.25, 0.3) is 0 Å². The average Bonchev–Trinajstić information content (AvgIpc) is 3.38. The molecule has 3 aromatic rings. The smallest absolute Gasteiger partial charge is 0.223 e. The second-order valence-electron chi connectivity index (χ2n) is 9.44. The van der Waals surface area contributed by atoms with E-state index in [4.69, 9.17) is 5.73 Å². The maximum atomic E-state index is 12.2. The van der Waals surface area contributed by atoms with Crippen molar-refractivity contribution in [3.8, 4) is 0 Å². The first-order valence-corrected chi connectivity index (χ1v) is 13.3. The van der Waals surface area contributed by atoms with Crippen LogP contribution in [0.15, 0.2) is 67.0 Å². The number of nitrogens with two attached hydrogens (primary N) is 1. The summed E-state index contributed by atoms with van der Waals surface area (Å²) in [5.74, 6) is 0.306. The number of unbranched alkanes of at least 4 members (excludes halogenated alkanes) is 4. The number of carbonyl (C=O) groups is 1. The Morgan fingerprint density at radius 3 is 2.11 bits per heavy atom. The normalized spacial score (nSPS) is 14.1. The van der Waals surface area contributed by atoms with Crippen LogP contribution < -0.4 is 11.1 Å². The topological polar surface area (TPSA) is 83.8 Å². The predicted molar refractivity (Wildman–Crippen MR) is 151 cm³/mol. The molecule has 1 amide bonds. The van der Waals surface area contributed by atoms with E-state index < -0.39 is 0 Å². The number of hydrogen-bond acceptors (Lipinski definition) is 3. The SMILES string of the molecule is Cl.NCCCCCc1ccccc1.O=C(NCCCCCc1ccccc1)C1CCc2nc[nH]c2C1. The number of nitrogens with one attached hydrogen (secondary N) is 2. The second kappa shape index (κ2) is 17.7. The first-order chi connectivity index (χ1) is 17.3. The molecule has 0 spiro atoms. The van der Waals surface area contributed by atoms with E-state index >= 15 is 0 Å². The number of benzene rings is 2. The van der Waals surface area contributed by atoms with Crippen molar-refractivity contribution in [3.63, 3.8) is 0 Å². The molecular formula is C30H43ClN4O. The number of imidazole rings is 1. The van der Waals surface area contributed by atoms with Gasteiger partial charge in [0.05, 0.1) is 12.0 Å². The summed E-state index contributed by atoms with van der Waals surface area (Å²) < 4.78 is 0. The third-order valence-corrected chi connectivity index (χ3v) is 6.66. The van der Waals surface area contributed by atoms with Crippen LogP contribution in [0.25, 0.3) is 0 Å². The number of rotatable bonds is 12. The van der Waals surface area contributed by atoms with Crippen LogP contribution in [-0.4, -0.2) is 29.0 Å². The van der Waals surface area contributed by atoms with Gasteiger partial charge >= 0.3 is 0 Å². The fraction of sp³-hybridized carbons (Fsp3) is 0.467. The van der Waals surface area contributed by atoms with Crippen molar-refractivity contribution in [2.45, 2.75) is 70.6 Å². The highest BCUT2D eigenvalue weighted by atomic mass is 35.5. The fourth-order valence-electron chi connectivity index (χ4n) is 4.55. The molecular weight excluding hydrogens is 468 g/mol. The minimum atomic E-state index is 0. The lowest BCUT2D eigenvalue weighted by atomic mass is 9.89. The first kappa shape index (κ1) is 29.6. The number of halogens is 1. The van der Waals surface area contributed by atoms with Gasteiger partial charge < -0.3 is 16.0 Å². The highest BCUT2D eigenvalue weighted by molar-refractivity contribution is 5.85. The van der Waals surface area contributed by atoms with Gasteiger partial charge in [0, 0.05) is 24.6 Å². The summed E-state index contributed by atoms with van der Waals surface area (Å²) in [5.41, 5.74) is 10.5. The molecule has 1 aliphatic carbocycles. The van der Waals surface area contributed by atoms with Crippen LogP contribution >= 0.6 is 12.4 Å². The van der Waals surface area contributed by atoms with Gasteiger partial charge in [0.2, 0.25) is 5.91 Å². The van der Waals surface area contributed by atoms with Gasteiger partial charge in [-0.25, -0.2) is 4.98 Å². The summed E-state index contributed by atoms with van der Waals surface area (Å²) in [6.07, 6.45) is 13.8. The molecule has 1 heterocycles. The summed E-state index contributed by atoms with van der Waals surface area (Å²) in [4.78, 5) is 19.7. The van der Waals surface area contributed by atoms with E-state index in [9.17, 15) is 4.79 Å². The quantitative estimate of drug-likeness (QED) is 0.268. The molecule has 1 aromatic heterocycles. The molecule has 0 aliphatic heterocycles. The van der Waals surface area contributed by atoms with Crippen LogP contribution in [-0.2, 0) is 30.5 Å². The van der Waals surface area contributed by atoms with Crippen LogP contribution in [0.2, 0.25) is 0 Å². The number of aromatic nitrogens is 2. The zero-order valence-corrected chi connectivity index (χ0v) is 22.3. The molecule has 4 N–H and O–H groups in total. The number of fused-ring (bicyclic) bond motifs is 1. The Kier molecular flexibility index (Phi) is 14.6. The maximum Gasteiger partial charge on any atom is 0.223 e. The van der Waals surface area contributed by atoms with Crippen molar-refractivity contribution < 1.29 is 4.79 Å². The molecule has 4 rings (SSSR count). The van der Waals surface area contributed by atoms with Crippen molar-refractivity contribution in [1.29, 1.82) is 0 Å². The molecule has 0 bridgehead atoms. The predicted octanol–water partition coefficient (Wildman–Crippen LogP) is 5.82.